The molecule has 0 aliphatic heterocycles. The van der Waals surface area contributed by atoms with Gasteiger partial charge in [-0.3, -0.25) is 0 Å². The van der Waals surface area contributed by atoms with Crippen LogP contribution in [-0.2, 0) is 19.1 Å². The van der Waals surface area contributed by atoms with Gasteiger partial charge in [-0.25, -0.2) is 9.59 Å². The predicted octanol–water partition coefficient (Wildman–Crippen LogP) is 3.50. The van der Waals surface area contributed by atoms with Crippen LogP contribution in [0.15, 0.2) is 12.7 Å². The van der Waals surface area contributed by atoms with Crippen molar-refractivity contribution in [3.63, 3.8) is 0 Å². The zero-order valence-corrected chi connectivity index (χ0v) is 14.3. The third-order valence-corrected chi connectivity index (χ3v) is 6.59. The Hall–Kier alpha value is -1.32. The molecule has 4 aliphatic rings. The van der Waals surface area contributed by atoms with Crippen molar-refractivity contribution in [3.05, 3.63) is 12.7 Å². The number of hydrogen-bond donors (Lipinski definition) is 0. The van der Waals surface area contributed by atoms with Crippen molar-refractivity contribution < 1.29 is 19.1 Å². The highest BCUT2D eigenvalue weighted by Gasteiger charge is 2.61. The minimum Gasteiger partial charge on any atom is -0.456 e. The van der Waals surface area contributed by atoms with Crippen LogP contribution in [0.5, 0.6) is 0 Å². The Morgan fingerprint density at radius 2 is 1.74 bits per heavy atom. The maximum atomic E-state index is 12.3. The summed E-state index contributed by atoms with van der Waals surface area (Å²) in [6.45, 7) is 7.42. The van der Waals surface area contributed by atoms with E-state index < -0.39 is 11.9 Å². The van der Waals surface area contributed by atoms with E-state index in [4.69, 9.17) is 9.47 Å². The molecule has 4 nitrogen and oxygen atoms in total. The van der Waals surface area contributed by atoms with Crippen molar-refractivity contribution in [2.24, 2.45) is 29.6 Å². The topological polar surface area (TPSA) is 52.6 Å². The number of rotatable bonds is 6. The Morgan fingerprint density at radius 1 is 1.17 bits per heavy atom. The van der Waals surface area contributed by atoms with E-state index in [2.05, 4.69) is 20.4 Å². The van der Waals surface area contributed by atoms with Gasteiger partial charge in [-0.15, -0.1) is 0 Å². The highest BCUT2D eigenvalue weighted by atomic mass is 16.6. The van der Waals surface area contributed by atoms with Crippen LogP contribution in [0.4, 0.5) is 0 Å². The Labute approximate surface area is 138 Å². The summed E-state index contributed by atoms with van der Waals surface area (Å²) in [5.41, 5.74) is -0.347. The van der Waals surface area contributed by atoms with E-state index in [0.29, 0.717) is 17.8 Å². The van der Waals surface area contributed by atoms with Crippen molar-refractivity contribution in [2.45, 2.75) is 58.0 Å². The van der Waals surface area contributed by atoms with Crippen LogP contribution in [0.2, 0.25) is 0 Å². The lowest BCUT2D eigenvalue weighted by Crippen LogP contribution is -2.62. The van der Waals surface area contributed by atoms with E-state index in [1.165, 1.54) is 32.1 Å². The summed E-state index contributed by atoms with van der Waals surface area (Å²) in [7, 11) is 0. The van der Waals surface area contributed by atoms with E-state index >= 15 is 0 Å². The summed E-state index contributed by atoms with van der Waals surface area (Å²) in [5.74, 6) is 1.97. The van der Waals surface area contributed by atoms with Crippen LogP contribution < -0.4 is 0 Å². The third kappa shape index (κ3) is 2.81. The highest BCUT2D eigenvalue weighted by molar-refractivity contribution is 5.83. The smallest absolute Gasteiger partial charge is 0.344 e. The van der Waals surface area contributed by atoms with Crippen LogP contribution in [-0.4, -0.2) is 24.1 Å². The van der Waals surface area contributed by atoms with Gasteiger partial charge in [0.15, 0.2) is 6.61 Å². The summed E-state index contributed by atoms with van der Waals surface area (Å²) >= 11 is 0. The van der Waals surface area contributed by atoms with E-state index in [0.717, 1.165) is 24.3 Å². The summed E-state index contributed by atoms with van der Waals surface area (Å²) in [6.07, 6.45) is 8.21. The monoisotopic (exact) mass is 320 g/mol. The first-order valence-corrected chi connectivity index (χ1v) is 9.00. The number of hydrogen-bond acceptors (Lipinski definition) is 4. The second-order valence-electron chi connectivity index (χ2n) is 7.75. The zero-order chi connectivity index (χ0) is 16.6. The molecule has 0 aromatic carbocycles. The summed E-state index contributed by atoms with van der Waals surface area (Å²) in [5, 5.41) is 0. The molecular weight excluding hydrogens is 292 g/mol. The van der Waals surface area contributed by atoms with Gasteiger partial charge in [0.1, 0.15) is 5.60 Å². The lowest BCUT2D eigenvalue weighted by molar-refractivity contribution is -0.229. The summed E-state index contributed by atoms with van der Waals surface area (Å²) in [4.78, 5) is 23.5. The zero-order valence-electron chi connectivity index (χ0n) is 14.3. The molecule has 0 amide bonds. The van der Waals surface area contributed by atoms with Gasteiger partial charge in [0.25, 0.3) is 0 Å². The van der Waals surface area contributed by atoms with Crippen molar-refractivity contribution in [3.8, 4) is 0 Å². The minimum absolute atomic E-state index is 0.310. The molecule has 0 radical (unpaired) electrons. The average molecular weight is 320 g/mol. The number of carbonyl (C=O) groups excluding carboxylic acids is 2. The molecule has 4 heteroatoms. The largest absolute Gasteiger partial charge is 0.456 e. The predicted molar refractivity (Wildman–Crippen MR) is 86.5 cm³/mol. The van der Waals surface area contributed by atoms with Crippen molar-refractivity contribution in [1.82, 2.24) is 0 Å². The Balaban J connectivity index is 1.77. The summed E-state index contributed by atoms with van der Waals surface area (Å²) in [6, 6.07) is 0. The standard InChI is InChI=1S/C19H28O4/c1-4-12(3)19(23-18(21)11-22-17(20)5-2)15-7-13-6-14(9-15)10-16(19)8-13/h5,12-16H,2,4,6-11H2,1,3H3. The molecule has 4 fully saturated rings. The molecule has 128 valence electrons. The molecule has 23 heavy (non-hydrogen) atoms. The van der Waals surface area contributed by atoms with Gasteiger partial charge in [-0.05, 0) is 68.1 Å². The number of ether oxygens (including phenoxy) is 2. The average Bonchev–Trinajstić information content (AvgIpc) is 2.54. The first-order valence-electron chi connectivity index (χ1n) is 9.00. The molecule has 4 aliphatic carbocycles. The molecule has 0 aromatic heterocycles. The Morgan fingerprint density at radius 3 is 2.22 bits per heavy atom. The van der Waals surface area contributed by atoms with Crippen LogP contribution in [0.25, 0.3) is 0 Å². The van der Waals surface area contributed by atoms with E-state index in [1.807, 2.05) is 0 Å². The fraction of sp³-hybridized carbons (Fsp3) is 0.789. The van der Waals surface area contributed by atoms with Crippen molar-refractivity contribution >= 4 is 11.9 Å². The Kier molecular flexibility index (Phi) is 4.52. The molecule has 1 unspecified atom stereocenters. The lowest BCUT2D eigenvalue weighted by atomic mass is 9.47. The van der Waals surface area contributed by atoms with Gasteiger partial charge in [-0.2, -0.15) is 0 Å². The normalized spacial score (nSPS) is 38.9. The third-order valence-electron chi connectivity index (χ3n) is 6.59. The van der Waals surface area contributed by atoms with Gasteiger partial charge in [0, 0.05) is 6.08 Å². The van der Waals surface area contributed by atoms with Gasteiger partial charge < -0.3 is 9.47 Å². The van der Waals surface area contributed by atoms with Crippen LogP contribution in [0.3, 0.4) is 0 Å². The first kappa shape index (κ1) is 16.5. The van der Waals surface area contributed by atoms with Crippen molar-refractivity contribution in [2.75, 3.05) is 6.61 Å². The van der Waals surface area contributed by atoms with E-state index in [9.17, 15) is 9.59 Å². The second-order valence-corrected chi connectivity index (χ2v) is 7.75. The molecule has 4 saturated carbocycles. The quantitative estimate of drug-likeness (QED) is 0.555. The molecule has 1 atom stereocenters. The molecule has 4 bridgehead atoms. The molecule has 0 heterocycles. The van der Waals surface area contributed by atoms with E-state index in [1.54, 1.807) is 0 Å². The molecular formula is C19H28O4. The maximum absolute atomic E-state index is 12.3. The first-order chi connectivity index (χ1) is 11.0. The van der Waals surface area contributed by atoms with Crippen molar-refractivity contribution in [1.29, 1.82) is 0 Å². The summed E-state index contributed by atoms with van der Waals surface area (Å²) < 4.78 is 11.0. The SMILES string of the molecule is C=CC(=O)OCC(=O)OC1(C(C)CC)C2CC3CC(C2)CC1C3. The van der Waals surface area contributed by atoms with Crippen LogP contribution in [0, 0.1) is 29.6 Å². The molecule has 0 aromatic rings. The fourth-order valence-electron chi connectivity index (χ4n) is 5.73. The molecule has 0 spiro atoms. The molecule has 0 N–H and O–H groups in total. The number of esters is 2. The van der Waals surface area contributed by atoms with Crippen LogP contribution in [0.1, 0.15) is 52.4 Å². The molecule has 4 rings (SSSR count). The minimum atomic E-state index is -0.579. The molecule has 0 saturated heterocycles. The second kappa shape index (κ2) is 6.29. The maximum Gasteiger partial charge on any atom is 0.344 e. The fourth-order valence-corrected chi connectivity index (χ4v) is 5.73. The van der Waals surface area contributed by atoms with Gasteiger partial charge in [0.2, 0.25) is 0 Å². The van der Waals surface area contributed by atoms with E-state index in [-0.39, 0.29) is 12.2 Å². The lowest BCUT2D eigenvalue weighted by Gasteiger charge is -2.62. The Bertz CT molecular complexity index is 468. The van der Waals surface area contributed by atoms with Crippen LogP contribution >= 0.6 is 0 Å². The van der Waals surface area contributed by atoms with Gasteiger partial charge in [-0.1, -0.05) is 20.4 Å². The van der Waals surface area contributed by atoms with Gasteiger partial charge in [0.05, 0.1) is 0 Å². The number of carbonyl (C=O) groups is 2. The van der Waals surface area contributed by atoms with Gasteiger partial charge >= 0.3 is 11.9 Å². The highest BCUT2D eigenvalue weighted by Crippen LogP contribution is 2.62.